The summed E-state index contributed by atoms with van der Waals surface area (Å²) >= 11 is 0. The summed E-state index contributed by atoms with van der Waals surface area (Å²) in [6.45, 7) is 9.93. The van der Waals surface area contributed by atoms with E-state index < -0.39 is 0 Å². The molecule has 0 fully saturated rings. The molecule has 0 N–H and O–H groups in total. The van der Waals surface area contributed by atoms with Gasteiger partial charge in [0.2, 0.25) is 5.69 Å². The van der Waals surface area contributed by atoms with Crippen LogP contribution in [0.25, 0.3) is 22.0 Å². The van der Waals surface area contributed by atoms with E-state index in [-0.39, 0.29) is 0 Å². The van der Waals surface area contributed by atoms with Crippen LogP contribution in [-0.2, 0) is 13.0 Å². The highest BCUT2D eigenvalue weighted by Crippen LogP contribution is 2.38. The Hall–Kier alpha value is -3.01. The number of ether oxygens (including phenoxy) is 3. The molecule has 4 rings (SSSR count). The molecule has 2 heterocycles. The summed E-state index contributed by atoms with van der Waals surface area (Å²) in [7, 11) is 1.67. The van der Waals surface area contributed by atoms with Crippen LogP contribution in [0.2, 0.25) is 0 Å². The van der Waals surface area contributed by atoms with Crippen molar-refractivity contribution in [3.05, 3.63) is 60.3 Å². The number of nitrogens with zero attached hydrogens (tertiary/aromatic N) is 1. The van der Waals surface area contributed by atoms with Crippen LogP contribution >= 0.6 is 0 Å². The molecule has 0 atom stereocenters. The molecule has 144 valence electrons. The van der Waals surface area contributed by atoms with Crippen molar-refractivity contribution < 1.29 is 18.8 Å². The maximum absolute atomic E-state index is 5.94. The first kappa shape index (κ1) is 18.4. The molecule has 2 aromatic carbocycles. The summed E-state index contributed by atoms with van der Waals surface area (Å²) in [5, 5.41) is 2.17. The lowest BCUT2D eigenvalue weighted by atomic mass is 9.93. The van der Waals surface area contributed by atoms with Crippen molar-refractivity contribution in [1.29, 1.82) is 0 Å². The van der Waals surface area contributed by atoms with E-state index in [0.29, 0.717) is 13.2 Å². The van der Waals surface area contributed by atoms with Crippen molar-refractivity contribution in [2.24, 2.45) is 0 Å². The molecular weight excluding hydrogens is 350 g/mol. The molecule has 1 aliphatic heterocycles. The van der Waals surface area contributed by atoms with E-state index in [1.807, 2.05) is 13.0 Å². The summed E-state index contributed by atoms with van der Waals surface area (Å²) in [6, 6.07) is 10.7. The molecule has 4 heteroatoms. The van der Waals surface area contributed by atoms with Gasteiger partial charge in [0.25, 0.3) is 0 Å². The van der Waals surface area contributed by atoms with Gasteiger partial charge in [-0.1, -0.05) is 18.7 Å². The molecule has 1 aliphatic rings. The Labute approximate surface area is 166 Å². The van der Waals surface area contributed by atoms with Crippen molar-refractivity contribution in [2.75, 3.05) is 20.3 Å². The van der Waals surface area contributed by atoms with E-state index >= 15 is 0 Å². The molecule has 0 spiro atoms. The average molecular weight is 376 g/mol. The Bertz CT molecular complexity index is 1060. The number of rotatable bonds is 6. The third-order valence-electron chi connectivity index (χ3n) is 5.24. The second kappa shape index (κ2) is 7.55. The van der Waals surface area contributed by atoms with E-state index in [1.165, 1.54) is 22.4 Å². The van der Waals surface area contributed by atoms with Gasteiger partial charge < -0.3 is 14.2 Å². The molecule has 1 aromatic heterocycles. The fourth-order valence-corrected chi connectivity index (χ4v) is 3.92. The van der Waals surface area contributed by atoms with Crippen LogP contribution in [-0.4, -0.2) is 20.3 Å². The molecule has 3 aromatic rings. The van der Waals surface area contributed by atoms with E-state index in [1.54, 1.807) is 13.2 Å². The fraction of sp³-hybridized carbons (Fsp3) is 0.292. The minimum Gasteiger partial charge on any atom is -0.494 e. The zero-order valence-electron chi connectivity index (χ0n) is 16.7. The molecular formula is C24H26NO3+. The van der Waals surface area contributed by atoms with Crippen molar-refractivity contribution in [3.8, 4) is 28.5 Å². The average Bonchev–Trinajstić information content (AvgIpc) is 2.71. The van der Waals surface area contributed by atoms with Gasteiger partial charge >= 0.3 is 0 Å². The van der Waals surface area contributed by atoms with Gasteiger partial charge in [-0.25, -0.2) is 0 Å². The molecule has 0 radical (unpaired) electrons. The van der Waals surface area contributed by atoms with Crippen LogP contribution in [0.4, 0.5) is 0 Å². The predicted octanol–water partition coefficient (Wildman–Crippen LogP) is 4.63. The molecule has 0 saturated carbocycles. The monoisotopic (exact) mass is 376 g/mol. The van der Waals surface area contributed by atoms with E-state index in [4.69, 9.17) is 14.2 Å². The molecule has 28 heavy (non-hydrogen) atoms. The van der Waals surface area contributed by atoms with Crippen LogP contribution in [0.1, 0.15) is 18.1 Å². The number of methoxy groups -OCH3 is 1. The fourth-order valence-electron chi connectivity index (χ4n) is 3.92. The van der Waals surface area contributed by atoms with Crippen LogP contribution in [0.3, 0.4) is 0 Å². The van der Waals surface area contributed by atoms with Crippen molar-refractivity contribution >= 4 is 10.8 Å². The largest absolute Gasteiger partial charge is 0.494 e. The first-order valence-corrected chi connectivity index (χ1v) is 9.70. The van der Waals surface area contributed by atoms with Crippen LogP contribution < -0.4 is 18.8 Å². The molecule has 4 nitrogen and oxygen atoms in total. The lowest BCUT2D eigenvalue weighted by molar-refractivity contribution is -0.686. The van der Waals surface area contributed by atoms with Crippen LogP contribution in [0, 0.1) is 6.92 Å². The predicted molar refractivity (Wildman–Crippen MR) is 111 cm³/mol. The topological polar surface area (TPSA) is 31.6 Å². The quantitative estimate of drug-likeness (QED) is 0.464. The SMILES string of the molecule is C=CCOc1c(OC)ccc2cc3[n+](cc12)CCc1cc(C)c(OCC)cc1-3. The van der Waals surface area contributed by atoms with Gasteiger partial charge in [0.05, 0.1) is 24.7 Å². The second-order valence-corrected chi connectivity index (χ2v) is 7.01. The first-order valence-electron chi connectivity index (χ1n) is 9.70. The van der Waals surface area contributed by atoms with Gasteiger partial charge in [0.1, 0.15) is 12.4 Å². The first-order chi connectivity index (χ1) is 13.7. The Morgan fingerprint density at radius 3 is 2.75 bits per heavy atom. The molecule has 0 bridgehead atoms. The summed E-state index contributed by atoms with van der Waals surface area (Å²) in [5.74, 6) is 2.46. The van der Waals surface area contributed by atoms with Gasteiger partial charge in [-0.05, 0) is 48.6 Å². The highest BCUT2D eigenvalue weighted by molar-refractivity contribution is 5.91. The maximum Gasteiger partial charge on any atom is 0.213 e. The number of aryl methyl sites for hydroxylation is 3. The number of pyridine rings is 1. The lowest BCUT2D eigenvalue weighted by Gasteiger charge is -2.19. The number of hydrogen-bond acceptors (Lipinski definition) is 3. The van der Waals surface area contributed by atoms with Crippen molar-refractivity contribution in [3.63, 3.8) is 0 Å². The Kier molecular flexibility index (Phi) is 4.95. The third-order valence-corrected chi connectivity index (χ3v) is 5.24. The molecule has 0 unspecified atom stereocenters. The summed E-state index contributed by atoms with van der Waals surface area (Å²) in [5.41, 5.74) is 5.01. The third kappa shape index (κ3) is 3.09. The number of fused-ring (bicyclic) bond motifs is 4. The summed E-state index contributed by atoms with van der Waals surface area (Å²) < 4.78 is 19.6. The van der Waals surface area contributed by atoms with E-state index in [2.05, 4.69) is 48.5 Å². The Morgan fingerprint density at radius 2 is 2.00 bits per heavy atom. The minimum absolute atomic E-state index is 0.442. The van der Waals surface area contributed by atoms with Crippen molar-refractivity contribution in [1.82, 2.24) is 0 Å². The van der Waals surface area contributed by atoms with Crippen molar-refractivity contribution in [2.45, 2.75) is 26.8 Å². The second-order valence-electron chi connectivity index (χ2n) is 7.01. The minimum atomic E-state index is 0.442. The lowest BCUT2D eigenvalue weighted by Crippen LogP contribution is -2.40. The van der Waals surface area contributed by atoms with Crippen LogP contribution in [0.15, 0.2) is 49.2 Å². The highest BCUT2D eigenvalue weighted by atomic mass is 16.5. The van der Waals surface area contributed by atoms with Gasteiger partial charge in [-0.15, -0.1) is 0 Å². The maximum atomic E-state index is 5.94. The Balaban J connectivity index is 1.90. The molecule has 0 amide bonds. The van der Waals surface area contributed by atoms with E-state index in [9.17, 15) is 0 Å². The van der Waals surface area contributed by atoms with E-state index in [0.717, 1.165) is 41.0 Å². The van der Waals surface area contributed by atoms with Gasteiger partial charge in [-0.2, -0.15) is 4.57 Å². The Morgan fingerprint density at radius 1 is 1.14 bits per heavy atom. The zero-order valence-corrected chi connectivity index (χ0v) is 16.7. The highest BCUT2D eigenvalue weighted by Gasteiger charge is 2.26. The smallest absolute Gasteiger partial charge is 0.213 e. The molecule has 0 aliphatic carbocycles. The number of aromatic nitrogens is 1. The standard InChI is InChI=1S/C24H26NO3/c1-5-11-28-24-20-15-25-10-9-18-12-16(3)23(27-6-2)14-19(18)21(25)13-17(20)7-8-22(24)26-4/h5,7-8,12-15H,1,6,9-11H2,2-4H3/q+1. The molecule has 0 saturated heterocycles. The number of hydrogen-bond donors (Lipinski definition) is 0. The summed E-state index contributed by atoms with van der Waals surface area (Å²) in [6.07, 6.45) is 4.92. The van der Waals surface area contributed by atoms with Crippen LogP contribution in [0.5, 0.6) is 17.2 Å². The van der Waals surface area contributed by atoms with Gasteiger partial charge in [0.15, 0.2) is 24.2 Å². The zero-order chi connectivity index (χ0) is 19.7. The summed E-state index contributed by atoms with van der Waals surface area (Å²) in [4.78, 5) is 0. The normalized spacial score (nSPS) is 12.2. The van der Waals surface area contributed by atoms with Gasteiger partial charge in [-0.3, -0.25) is 0 Å². The van der Waals surface area contributed by atoms with Gasteiger partial charge in [0, 0.05) is 12.5 Å². The number of benzene rings is 2.